The fourth-order valence-electron chi connectivity index (χ4n) is 2.96. The van der Waals surface area contributed by atoms with Crippen LogP contribution in [0.2, 0.25) is 0 Å². The first-order valence-electron chi connectivity index (χ1n) is 9.20. The quantitative estimate of drug-likeness (QED) is 0.382. The maximum atomic E-state index is 12.0. The Morgan fingerprint density at radius 3 is 2.42 bits per heavy atom. The summed E-state index contributed by atoms with van der Waals surface area (Å²) in [7, 11) is 0. The summed E-state index contributed by atoms with van der Waals surface area (Å²) in [5.74, 6) is -0.667. The van der Waals surface area contributed by atoms with Gasteiger partial charge in [-0.2, -0.15) is 0 Å². The van der Waals surface area contributed by atoms with Crippen LogP contribution in [0.25, 0.3) is 0 Å². The lowest BCUT2D eigenvalue weighted by Gasteiger charge is -2.04. The van der Waals surface area contributed by atoms with Gasteiger partial charge in [0.1, 0.15) is 0 Å². The van der Waals surface area contributed by atoms with E-state index in [2.05, 4.69) is 6.92 Å². The van der Waals surface area contributed by atoms with Gasteiger partial charge >= 0.3 is 0 Å². The van der Waals surface area contributed by atoms with E-state index in [0.29, 0.717) is 19.3 Å². The van der Waals surface area contributed by atoms with Gasteiger partial charge in [-0.25, -0.2) is 0 Å². The molecule has 1 aliphatic carbocycles. The molecule has 0 aromatic carbocycles. The molecule has 0 atom stereocenters. The highest BCUT2D eigenvalue weighted by Crippen LogP contribution is 2.28. The molecule has 0 fully saturated rings. The Morgan fingerprint density at radius 1 is 1.00 bits per heavy atom. The van der Waals surface area contributed by atoms with Gasteiger partial charge in [0.2, 0.25) is 0 Å². The zero-order valence-corrected chi connectivity index (χ0v) is 14.8. The lowest BCUT2D eigenvalue weighted by Crippen LogP contribution is -2.21. The molecule has 0 radical (unpaired) electrons. The highest BCUT2D eigenvalue weighted by molar-refractivity contribution is 5.99. The molecule has 1 aliphatic rings. The van der Waals surface area contributed by atoms with Crippen LogP contribution in [-0.4, -0.2) is 17.5 Å². The standard InChI is InChI=1S/C20H30O4/c1-2-3-6-9-17(21)14-12-16-13-15-19(22)18(16)10-7-4-5-8-11-20(23)24/h12,14H,2-11,13,15H2,1H3,(H,23,24)/p-1/b14-12+. The van der Waals surface area contributed by atoms with Gasteiger partial charge in [0.15, 0.2) is 11.6 Å². The van der Waals surface area contributed by atoms with Crippen molar-refractivity contribution in [3.05, 3.63) is 23.3 Å². The van der Waals surface area contributed by atoms with Gasteiger partial charge in [-0.15, -0.1) is 0 Å². The van der Waals surface area contributed by atoms with Crippen LogP contribution in [0.3, 0.4) is 0 Å². The van der Waals surface area contributed by atoms with E-state index in [-0.39, 0.29) is 18.0 Å². The molecule has 134 valence electrons. The van der Waals surface area contributed by atoms with E-state index in [0.717, 1.165) is 62.5 Å². The van der Waals surface area contributed by atoms with Crippen LogP contribution in [0.1, 0.15) is 84.0 Å². The van der Waals surface area contributed by atoms with Gasteiger partial charge in [-0.05, 0) is 55.7 Å². The summed E-state index contributed by atoms with van der Waals surface area (Å²) in [5.41, 5.74) is 1.88. The smallest absolute Gasteiger partial charge is 0.159 e. The van der Waals surface area contributed by atoms with Gasteiger partial charge in [-0.3, -0.25) is 9.59 Å². The van der Waals surface area contributed by atoms with Crippen LogP contribution in [0.15, 0.2) is 23.3 Å². The normalized spacial score (nSPS) is 14.8. The number of carboxylic acids is 1. The number of aliphatic carboxylic acids is 1. The van der Waals surface area contributed by atoms with Gasteiger partial charge in [-0.1, -0.05) is 38.7 Å². The largest absolute Gasteiger partial charge is 0.550 e. The molecule has 4 heteroatoms. The minimum absolute atomic E-state index is 0.107. The van der Waals surface area contributed by atoms with Crippen molar-refractivity contribution in [3.63, 3.8) is 0 Å². The van der Waals surface area contributed by atoms with Gasteiger partial charge < -0.3 is 9.90 Å². The van der Waals surface area contributed by atoms with Crippen molar-refractivity contribution in [2.45, 2.75) is 84.0 Å². The Bertz CT molecular complexity index is 500. The summed E-state index contributed by atoms with van der Waals surface area (Å²) >= 11 is 0. The first kappa shape index (κ1) is 20.3. The third-order valence-electron chi connectivity index (χ3n) is 4.40. The molecule has 0 bridgehead atoms. The maximum absolute atomic E-state index is 12.0. The molecule has 0 spiro atoms. The zero-order valence-electron chi connectivity index (χ0n) is 14.8. The average molecular weight is 333 g/mol. The van der Waals surface area contributed by atoms with Gasteiger partial charge in [0.25, 0.3) is 0 Å². The van der Waals surface area contributed by atoms with E-state index in [4.69, 9.17) is 0 Å². The molecule has 4 nitrogen and oxygen atoms in total. The average Bonchev–Trinajstić information content (AvgIpc) is 2.89. The Hall–Kier alpha value is -1.71. The van der Waals surface area contributed by atoms with Crippen LogP contribution in [0, 0.1) is 0 Å². The maximum Gasteiger partial charge on any atom is 0.159 e. The minimum atomic E-state index is -1.00. The molecule has 0 saturated heterocycles. The fourth-order valence-corrected chi connectivity index (χ4v) is 2.96. The molecule has 0 aliphatic heterocycles. The van der Waals surface area contributed by atoms with Crippen molar-refractivity contribution in [2.75, 3.05) is 0 Å². The number of carboxylic acid groups (broad SMARTS) is 1. The minimum Gasteiger partial charge on any atom is -0.550 e. The first-order chi connectivity index (χ1) is 11.5. The van der Waals surface area contributed by atoms with Crippen molar-refractivity contribution in [3.8, 4) is 0 Å². The molecular weight excluding hydrogens is 304 g/mol. The third kappa shape index (κ3) is 8.23. The monoisotopic (exact) mass is 333 g/mol. The fraction of sp³-hybridized carbons (Fsp3) is 0.650. The lowest BCUT2D eigenvalue weighted by molar-refractivity contribution is -0.305. The Kier molecular flexibility index (Phi) is 9.97. The predicted octanol–water partition coefficient (Wildman–Crippen LogP) is 3.44. The SMILES string of the molecule is CCCCCC(=O)/C=C/C1=C(CCCCCCC(=O)[O-])C(=O)CC1. The van der Waals surface area contributed by atoms with E-state index in [1.54, 1.807) is 6.08 Å². The Labute approximate surface area is 145 Å². The lowest BCUT2D eigenvalue weighted by atomic mass is 10.0. The first-order valence-corrected chi connectivity index (χ1v) is 9.20. The highest BCUT2D eigenvalue weighted by Gasteiger charge is 2.20. The molecule has 24 heavy (non-hydrogen) atoms. The second-order valence-corrected chi connectivity index (χ2v) is 6.47. The molecule has 0 heterocycles. The number of ketones is 2. The summed E-state index contributed by atoms with van der Waals surface area (Å²) in [4.78, 5) is 34.1. The number of rotatable bonds is 13. The molecule has 0 N–H and O–H groups in total. The number of hydrogen-bond donors (Lipinski definition) is 0. The number of carbonyl (C=O) groups excluding carboxylic acids is 3. The van der Waals surface area contributed by atoms with E-state index in [9.17, 15) is 19.5 Å². The molecule has 1 rings (SSSR count). The number of carbonyl (C=O) groups is 3. The number of allylic oxidation sites excluding steroid dienone is 4. The summed E-state index contributed by atoms with van der Waals surface area (Å²) in [6, 6.07) is 0. The van der Waals surface area contributed by atoms with Crippen molar-refractivity contribution in [1.29, 1.82) is 0 Å². The topological polar surface area (TPSA) is 74.3 Å². The highest BCUT2D eigenvalue weighted by atomic mass is 16.4. The van der Waals surface area contributed by atoms with Crippen LogP contribution in [-0.2, 0) is 14.4 Å². The molecule has 0 aromatic rings. The molecular formula is C20H29O4-. The van der Waals surface area contributed by atoms with Gasteiger partial charge in [0, 0.05) is 18.8 Å². The van der Waals surface area contributed by atoms with Crippen LogP contribution in [0.4, 0.5) is 0 Å². The molecule has 0 amide bonds. The van der Waals surface area contributed by atoms with Gasteiger partial charge in [0.05, 0.1) is 0 Å². The van der Waals surface area contributed by atoms with Crippen molar-refractivity contribution < 1.29 is 19.5 Å². The number of hydrogen-bond acceptors (Lipinski definition) is 4. The summed E-state index contributed by atoms with van der Waals surface area (Å²) in [5, 5.41) is 10.3. The number of unbranched alkanes of at least 4 members (excludes halogenated alkanes) is 5. The molecule has 0 unspecified atom stereocenters. The van der Waals surface area contributed by atoms with E-state index < -0.39 is 5.97 Å². The van der Waals surface area contributed by atoms with Crippen molar-refractivity contribution >= 4 is 17.5 Å². The van der Waals surface area contributed by atoms with Crippen LogP contribution in [0.5, 0.6) is 0 Å². The zero-order chi connectivity index (χ0) is 17.8. The predicted molar refractivity (Wildman–Crippen MR) is 92.3 cm³/mol. The van der Waals surface area contributed by atoms with Crippen molar-refractivity contribution in [1.82, 2.24) is 0 Å². The summed E-state index contributed by atoms with van der Waals surface area (Å²) in [6.45, 7) is 2.11. The van der Waals surface area contributed by atoms with Crippen molar-refractivity contribution in [2.24, 2.45) is 0 Å². The van der Waals surface area contributed by atoms with Crippen LogP contribution < -0.4 is 5.11 Å². The molecule has 0 saturated carbocycles. The Morgan fingerprint density at radius 2 is 1.71 bits per heavy atom. The Balaban J connectivity index is 2.40. The third-order valence-corrected chi connectivity index (χ3v) is 4.40. The second kappa shape index (κ2) is 11.8. The number of Topliss-reactive ketones (excluding diaryl/α,β-unsaturated/α-hetero) is 1. The summed E-state index contributed by atoms with van der Waals surface area (Å²) in [6.07, 6.45) is 12.5. The van der Waals surface area contributed by atoms with E-state index in [1.807, 2.05) is 6.08 Å². The summed E-state index contributed by atoms with van der Waals surface area (Å²) < 4.78 is 0. The molecule has 0 aromatic heterocycles. The second-order valence-electron chi connectivity index (χ2n) is 6.47. The van der Waals surface area contributed by atoms with Crippen LogP contribution >= 0.6 is 0 Å². The van der Waals surface area contributed by atoms with E-state index >= 15 is 0 Å². The van der Waals surface area contributed by atoms with E-state index in [1.165, 1.54) is 0 Å².